The van der Waals surface area contributed by atoms with Gasteiger partial charge in [-0.1, -0.05) is 0 Å². The zero-order valence-corrected chi connectivity index (χ0v) is 65.6. The molecule has 0 aliphatic heterocycles. The fraction of sp³-hybridized carbons (Fsp3) is 0.955. The van der Waals surface area contributed by atoms with Crippen LogP contribution >= 0.6 is 0 Å². The van der Waals surface area contributed by atoms with E-state index in [0.717, 1.165) is 25.7 Å². The quantitative estimate of drug-likeness (QED) is 0.0714. The van der Waals surface area contributed by atoms with Gasteiger partial charge >= 0.3 is 605 Å². The first-order chi connectivity index (χ1) is 47.7. The first-order valence-electron chi connectivity index (χ1n) is 44.5. The van der Waals surface area contributed by atoms with Gasteiger partial charge in [0.25, 0.3) is 0 Å². The fourth-order valence-electron chi connectivity index (χ4n) is 28.3. The molecule has 0 aromatic carbocycles. The number of rotatable bonds is 28. The van der Waals surface area contributed by atoms with Crippen LogP contribution in [0.3, 0.4) is 0 Å². The molecule has 12 aliphatic rings. The predicted molar refractivity (Wildman–Crippen MR) is 396 cm³/mol. The van der Waals surface area contributed by atoms with Crippen LogP contribution in [0.4, 0.5) is 0 Å². The molecule has 12 saturated carbocycles. The maximum atomic E-state index is 16.2. The van der Waals surface area contributed by atoms with Crippen LogP contribution in [0.2, 0.25) is 0 Å². The normalized spacial score (nSPS) is 26.1. The van der Waals surface area contributed by atoms with Crippen molar-refractivity contribution in [3.63, 3.8) is 0 Å². The Morgan fingerprint density at radius 3 is 0.392 bits per heavy atom. The van der Waals surface area contributed by atoms with Gasteiger partial charge in [-0.25, -0.2) is 0 Å². The maximum absolute atomic E-state index is 16.2. The SMILES string of the molecule is O=C(CCC(C1CCCCC1)(C1CCCCC1)C1CCCCC1)[O][Sn]([O]C(=O)CCC(C1CCCCC1)(C1CCCCC1)C1CCCCC1)([O]C(=O)CCC(C1CCCCC1)(C1CCCCC1)C1CCCCC1)[O]C(=O)CCC(C1CCCCC1)(C1CCCCC1)C1CCCCC1. The van der Waals surface area contributed by atoms with Crippen LogP contribution in [0, 0.1) is 92.7 Å². The molecule has 97 heavy (non-hydrogen) atoms. The van der Waals surface area contributed by atoms with E-state index < -0.39 is 43.9 Å². The Morgan fingerprint density at radius 1 is 0.186 bits per heavy atom. The van der Waals surface area contributed by atoms with Gasteiger partial charge in [0, 0.05) is 0 Å². The summed E-state index contributed by atoms with van der Waals surface area (Å²) < 4.78 is 28.8. The van der Waals surface area contributed by atoms with Crippen LogP contribution < -0.4 is 0 Å². The van der Waals surface area contributed by atoms with Gasteiger partial charge in [-0.2, -0.15) is 0 Å². The second kappa shape index (κ2) is 37.6. The Labute approximate surface area is 600 Å². The average Bonchev–Trinajstić information content (AvgIpc) is 0.795. The van der Waals surface area contributed by atoms with Gasteiger partial charge in [-0.3, -0.25) is 0 Å². The van der Waals surface area contributed by atoms with E-state index in [4.69, 9.17) is 12.3 Å². The zero-order chi connectivity index (χ0) is 66.6. The van der Waals surface area contributed by atoms with Crippen LogP contribution in [0.15, 0.2) is 0 Å². The summed E-state index contributed by atoms with van der Waals surface area (Å²) in [4.78, 5) is 64.7. The number of hydrogen-bond acceptors (Lipinski definition) is 8. The standard InChI is InChI=1S/4C22H38O2.Sn/c4*23-21(24)16-17-22(18-10-4-1-5-11-18,19-12-6-2-7-13-19)20-14-8-3-9-15-20;/h4*18-20H,1-17H2,(H,23,24);/q;;;;+4/p-4. The Kier molecular flexibility index (Phi) is 29.2. The zero-order valence-electron chi connectivity index (χ0n) is 62.8. The van der Waals surface area contributed by atoms with Crippen molar-refractivity contribution < 1.29 is 31.5 Å². The van der Waals surface area contributed by atoms with E-state index in [-0.39, 0.29) is 47.3 Å². The molecule has 0 heterocycles. The summed E-state index contributed by atoms with van der Waals surface area (Å²) in [5.74, 6) is 5.17. The van der Waals surface area contributed by atoms with Crippen LogP contribution in [0.1, 0.15) is 437 Å². The molecule has 0 amide bonds. The topological polar surface area (TPSA) is 105 Å². The molecule has 9 heteroatoms. The molecule has 0 atom stereocenters. The van der Waals surface area contributed by atoms with Gasteiger partial charge < -0.3 is 0 Å². The summed E-state index contributed by atoms with van der Waals surface area (Å²) >= 11 is -6.51. The monoisotopic (exact) mass is 1450 g/mol. The Bertz CT molecular complexity index is 1820. The van der Waals surface area contributed by atoms with Gasteiger partial charge in [-0.05, 0) is 0 Å². The first-order valence-corrected chi connectivity index (χ1v) is 49.2. The molecule has 0 saturated heterocycles. The van der Waals surface area contributed by atoms with Gasteiger partial charge in [-0.15, -0.1) is 0 Å². The molecule has 8 nitrogen and oxygen atoms in total. The molecule has 12 rings (SSSR count). The van der Waals surface area contributed by atoms with Crippen molar-refractivity contribution in [2.45, 2.75) is 437 Å². The Hall–Kier alpha value is -1.32. The second-order valence-corrected chi connectivity index (χ2v) is 42.0. The number of carbonyl (C=O) groups excluding carboxylic acids is 4. The van der Waals surface area contributed by atoms with E-state index in [9.17, 15) is 0 Å². The van der Waals surface area contributed by atoms with Crippen molar-refractivity contribution in [1.29, 1.82) is 0 Å². The molecule has 0 unspecified atom stereocenters. The van der Waals surface area contributed by atoms with Crippen molar-refractivity contribution in [3.05, 3.63) is 0 Å². The Balaban J connectivity index is 0.926. The molecular formula is C88H148O8Sn. The van der Waals surface area contributed by atoms with E-state index in [1.807, 2.05) is 0 Å². The first kappa shape index (κ1) is 75.4. The predicted octanol–water partition coefficient (Wildman–Crippen LogP) is 25.6. The third-order valence-electron chi connectivity index (χ3n) is 32.4. The summed E-state index contributed by atoms with van der Waals surface area (Å²) in [6, 6.07) is 0. The van der Waals surface area contributed by atoms with Gasteiger partial charge in [0.2, 0.25) is 0 Å². The number of carbonyl (C=O) groups is 4. The molecule has 552 valence electrons. The summed E-state index contributed by atoms with van der Waals surface area (Å²) in [6.07, 6.45) is 79.9. The summed E-state index contributed by atoms with van der Waals surface area (Å²) in [5.41, 5.74) is 0.129. The van der Waals surface area contributed by atoms with E-state index in [1.54, 1.807) is 0 Å². The molecule has 0 bridgehead atoms. The Morgan fingerprint density at radius 2 is 0.289 bits per heavy atom. The minimum atomic E-state index is -6.51. The molecule has 0 spiro atoms. The molecule has 12 aliphatic carbocycles. The van der Waals surface area contributed by atoms with Crippen molar-refractivity contribution in [3.8, 4) is 0 Å². The fourth-order valence-corrected chi connectivity index (χ4v) is 33.4. The summed E-state index contributed by atoms with van der Waals surface area (Å²) in [7, 11) is 0. The summed E-state index contributed by atoms with van der Waals surface area (Å²) in [5, 5.41) is 0. The third-order valence-corrected chi connectivity index (χ3v) is 37.8. The van der Waals surface area contributed by atoms with E-state index >= 15 is 19.2 Å². The van der Waals surface area contributed by atoms with Crippen LogP contribution in [-0.4, -0.2) is 43.9 Å². The van der Waals surface area contributed by atoms with Crippen molar-refractivity contribution >= 4 is 43.9 Å². The van der Waals surface area contributed by atoms with Crippen LogP contribution in [0.25, 0.3) is 0 Å². The third kappa shape index (κ3) is 18.3. The van der Waals surface area contributed by atoms with Crippen LogP contribution in [0.5, 0.6) is 0 Å². The molecule has 0 radical (unpaired) electrons. The van der Waals surface area contributed by atoms with Crippen molar-refractivity contribution in [2.75, 3.05) is 0 Å². The van der Waals surface area contributed by atoms with Crippen molar-refractivity contribution in [1.82, 2.24) is 0 Å². The van der Waals surface area contributed by atoms with E-state index in [1.165, 1.54) is 385 Å². The molecule has 0 N–H and O–H groups in total. The molecule has 0 aromatic rings. The second-order valence-electron chi connectivity index (χ2n) is 36.9. The molecule has 12 fully saturated rings. The average molecular weight is 1450 g/mol. The molecular weight excluding hydrogens is 1300 g/mol. The van der Waals surface area contributed by atoms with Crippen molar-refractivity contribution in [2.24, 2.45) is 92.7 Å². The molecule has 0 aromatic heterocycles. The van der Waals surface area contributed by atoms with E-state index in [2.05, 4.69) is 0 Å². The summed E-state index contributed by atoms with van der Waals surface area (Å²) in [6.45, 7) is 0. The van der Waals surface area contributed by atoms with Gasteiger partial charge in [0.05, 0.1) is 0 Å². The van der Waals surface area contributed by atoms with Gasteiger partial charge in [0.15, 0.2) is 0 Å². The minimum absolute atomic E-state index is 0.0323. The van der Waals surface area contributed by atoms with E-state index in [0.29, 0.717) is 71.0 Å². The van der Waals surface area contributed by atoms with Gasteiger partial charge in [0.1, 0.15) is 0 Å². The number of hydrogen-bond donors (Lipinski definition) is 0. The van der Waals surface area contributed by atoms with Crippen LogP contribution in [-0.2, 0) is 31.5 Å².